The first-order valence-electron chi connectivity index (χ1n) is 12.2. The monoisotopic (exact) mass is 477 g/mol. The first-order valence-corrected chi connectivity index (χ1v) is 12.2. The second-order valence-corrected chi connectivity index (χ2v) is 9.41. The van der Waals surface area contributed by atoms with Crippen LogP contribution in [0.3, 0.4) is 0 Å². The molecule has 2 aromatic carbocycles. The molecule has 0 radical (unpaired) electrons. The maximum atomic E-state index is 13.4. The predicted molar refractivity (Wildman–Crippen MR) is 136 cm³/mol. The molecule has 0 aliphatic carbocycles. The number of ether oxygens (including phenoxy) is 2. The molecular weight excluding hydrogens is 442 g/mol. The number of anilines is 1. The molecule has 7 heteroatoms. The largest absolute Gasteiger partial charge is 0.468 e. The van der Waals surface area contributed by atoms with Gasteiger partial charge in [0, 0.05) is 44.0 Å². The topological polar surface area (TPSA) is 71.1 Å². The lowest BCUT2D eigenvalue weighted by atomic mass is 9.72. The number of hydrogen-bond acceptors (Lipinski definition) is 7. The van der Waals surface area contributed by atoms with Crippen molar-refractivity contribution in [3.63, 3.8) is 0 Å². The maximum absolute atomic E-state index is 13.4. The lowest BCUT2D eigenvalue weighted by Gasteiger charge is -2.43. The molecule has 186 valence electrons. The highest BCUT2D eigenvalue weighted by Crippen LogP contribution is 2.44. The van der Waals surface area contributed by atoms with Crippen molar-refractivity contribution in [2.45, 2.75) is 25.6 Å². The van der Waals surface area contributed by atoms with Crippen molar-refractivity contribution in [2.75, 3.05) is 51.8 Å². The van der Waals surface area contributed by atoms with Gasteiger partial charge in [0.1, 0.15) is 6.10 Å². The summed E-state index contributed by atoms with van der Waals surface area (Å²) in [5, 5.41) is 3.46. The van der Waals surface area contributed by atoms with Crippen LogP contribution in [0.1, 0.15) is 25.0 Å². The zero-order valence-electron chi connectivity index (χ0n) is 20.6. The summed E-state index contributed by atoms with van der Waals surface area (Å²) in [5.41, 5.74) is 0.867. The van der Waals surface area contributed by atoms with Gasteiger partial charge in [-0.25, -0.2) is 0 Å². The Bertz CT molecular complexity index is 1020. The number of rotatable bonds is 8. The number of para-hydroxylation sites is 1. The molecule has 35 heavy (non-hydrogen) atoms. The van der Waals surface area contributed by atoms with Gasteiger partial charge in [0.15, 0.2) is 11.2 Å². The van der Waals surface area contributed by atoms with E-state index >= 15 is 0 Å². The summed E-state index contributed by atoms with van der Waals surface area (Å²) in [6.07, 6.45) is -0.612. The van der Waals surface area contributed by atoms with Gasteiger partial charge in [-0.15, -0.1) is 0 Å². The van der Waals surface area contributed by atoms with Crippen LogP contribution in [0.4, 0.5) is 5.69 Å². The molecule has 1 unspecified atom stereocenters. The van der Waals surface area contributed by atoms with Crippen LogP contribution in [0.15, 0.2) is 72.8 Å². The summed E-state index contributed by atoms with van der Waals surface area (Å²) >= 11 is 0. The molecule has 2 aliphatic heterocycles. The molecule has 2 heterocycles. The molecule has 0 amide bonds. The number of esters is 1. The van der Waals surface area contributed by atoms with Gasteiger partial charge in [-0.3, -0.25) is 14.5 Å². The first-order chi connectivity index (χ1) is 16.9. The van der Waals surface area contributed by atoms with Crippen LogP contribution < -0.4 is 5.32 Å². The maximum Gasteiger partial charge on any atom is 0.322 e. The molecule has 0 aromatic heterocycles. The predicted octanol–water partition coefficient (Wildman–Crippen LogP) is 3.51. The fourth-order valence-electron chi connectivity index (χ4n) is 4.91. The SMILES string of the molecule is C=C1C(=O)C(C)(C(=O)OC)[C@@H](CCN2CCN(CNc3ccccc3)CC2)O[C@H]1c1ccccc1. The van der Waals surface area contributed by atoms with Crippen LogP contribution in [0.2, 0.25) is 0 Å². The van der Waals surface area contributed by atoms with E-state index in [9.17, 15) is 9.59 Å². The Kier molecular flexibility index (Phi) is 8.00. The summed E-state index contributed by atoms with van der Waals surface area (Å²) in [5.74, 6) is -0.872. The van der Waals surface area contributed by atoms with Crippen molar-refractivity contribution in [1.82, 2.24) is 9.80 Å². The van der Waals surface area contributed by atoms with Crippen molar-refractivity contribution in [3.05, 3.63) is 78.4 Å². The van der Waals surface area contributed by atoms with Gasteiger partial charge in [-0.1, -0.05) is 55.1 Å². The van der Waals surface area contributed by atoms with E-state index < -0.39 is 23.6 Å². The number of nitrogens with one attached hydrogen (secondary N) is 1. The van der Waals surface area contributed by atoms with Crippen molar-refractivity contribution in [2.24, 2.45) is 5.41 Å². The normalized spacial score (nSPS) is 25.9. The molecule has 4 rings (SSSR count). The third-order valence-corrected chi connectivity index (χ3v) is 7.19. The minimum absolute atomic E-state index is 0.292. The molecular formula is C28H35N3O4. The summed E-state index contributed by atoms with van der Waals surface area (Å²) in [6, 6.07) is 19.8. The Morgan fingerprint density at radius 2 is 1.66 bits per heavy atom. The zero-order valence-corrected chi connectivity index (χ0v) is 20.6. The minimum atomic E-state index is -1.40. The van der Waals surface area contributed by atoms with E-state index in [4.69, 9.17) is 9.47 Å². The number of benzene rings is 2. The van der Waals surface area contributed by atoms with Crippen LogP contribution in [0, 0.1) is 5.41 Å². The minimum Gasteiger partial charge on any atom is -0.468 e. The molecule has 0 spiro atoms. The van der Waals surface area contributed by atoms with Crippen LogP contribution in [-0.2, 0) is 19.1 Å². The van der Waals surface area contributed by atoms with Gasteiger partial charge >= 0.3 is 5.97 Å². The van der Waals surface area contributed by atoms with E-state index in [1.165, 1.54) is 7.11 Å². The highest BCUT2D eigenvalue weighted by molar-refractivity contribution is 6.13. The average Bonchev–Trinajstić information content (AvgIpc) is 2.91. The van der Waals surface area contributed by atoms with Crippen LogP contribution in [0.5, 0.6) is 0 Å². The van der Waals surface area contributed by atoms with E-state index in [2.05, 4.69) is 33.8 Å². The lowest BCUT2D eigenvalue weighted by molar-refractivity contribution is -0.177. The number of nitrogens with zero attached hydrogens (tertiary/aromatic N) is 2. The number of carbonyl (C=O) groups excluding carboxylic acids is 2. The quantitative estimate of drug-likeness (QED) is 0.354. The van der Waals surface area contributed by atoms with Gasteiger partial charge in [-0.05, 0) is 31.0 Å². The number of hydrogen-bond donors (Lipinski definition) is 1. The summed E-state index contributed by atoms with van der Waals surface area (Å²) in [6.45, 7) is 10.9. The Balaban J connectivity index is 1.37. The Labute approximate surface area is 207 Å². The third kappa shape index (κ3) is 5.48. The van der Waals surface area contributed by atoms with Gasteiger partial charge < -0.3 is 19.7 Å². The fourth-order valence-corrected chi connectivity index (χ4v) is 4.91. The lowest BCUT2D eigenvalue weighted by Crippen LogP contribution is -2.55. The number of carbonyl (C=O) groups is 2. The van der Waals surface area contributed by atoms with Crippen molar-refractivity contribution < 1.29 is 19.1 Å². The number of piperazine rings is 1. The first kappa shape index (κ1) is 25.1. The molecule has 7 nitrogen and oxygen atoms in total. The average molecular weight is 478 g/mol. The molecule has 0 bridgehead atoms. The highest BCUT2D eigenvalue weighted by Gasteiger charge is 2.55. The Hall–Kier alpha value is -3.00. The smallest absolute Gasteiger partial charge is 0.322 e. The second kappa shape index (κ2) is 11.2. The molecule has 2 fully saturated rings. The number of ketones is 1. The molecule has 2 saturated heterocycles. The molecule has 1 N–H and O–H groups in total. The van der Waals surface area contributed by atoms with E-state index in [0.717, 1.165) is 50.6 Å². The van der Waals surface area contributed by atoms with E-state index in [0.29, 0.717) is 12.0 Å². The van der Waals surface area contributed by atoms with Crippen LogP contribution in [-0.4, -0.2) is 74.2 Å². The number of Topliss-reactive ketones (excluding diaryl/α,β-unsaturated/α-hetero) is 1. The van der Waals surface area contributed by atoms with Crippen molar-refractivity contribution in [3.8, 4) is 0 Å². The summed E-state index contributed by atoms with van der Waals surface area (Å²) in [7, 11) is 1.31. The van der Waals surface area contributed by atoms with Crippen molar-refractivity contribution in [1.29, 1.82) is 0 Å². The molecule has 3 atom stereocenters. The second-order valence-electron chi connectivity index (χ2n) is 9.41. The van der Waals surface area contributed by atoms with Crippen LogP contribution in [0.25, 0.3) is 0 Å². The third-order valence-electron chi connectivity index (χ3n) is 7.19. The highest BCUT2D eigenvalue weighted by atomic mass is 16.5. The summed E-state index contributed by atoms with van der Waals surface area (Å²) in [4.78, 5) is 31.0. The van der Waals surface area contributed by atoms with E-state index in [1.807, 2.05) is 48.5 Å². The molecule has 2 aliphatic rings. The number of methoxy groups -OCH3 is 1. The van der Waals surface area contributed by atoms with Gasteiger partial charge in [0.25, 0.3) is 0 Å². The summed E-state index contributed by atoms with van der Waals surface area (Å²) < 4.78 is 11.5. The van der Waals surface area contributed by atoms with E-state index in [1.54, 1.807) is 6.92 Å². The van der Waals surface area contributed by atoms with Gasteiger partial charge in [-0.2, -0.15) is 0 Å². The zero-order chi connectivity index (χ0) is 24.8. The van der Waals surface area contributed by atoms with Gasteiger partial charge in [0.05, 0.1) is 19.9 Å². The molecule has 0 saturated carbocycles. The molecule has 2 aromatic rings. The Morgan fingerprint density at radius 1 is 1.06 bits per heavy atom. The van der Waals surface area contributed by atoms with Crippen molar-refractivity contribution >= 4 is 17.4 Å². The van der Waals surface area contributed by atoms with E-state index in [-0.39, 0.29) is 5.78 Å². The standard InChI is InChI=1S/C28H35N3O4/c1-21-25(22-10-6-4-7-11-22)35-24(28(2,26(21)32)27(33)34-3)14-15-30-16-18-31(19-17-30)20-29-23-12-8-5-9-13-23/h4-13,24-25,29H,1,14-20H2,2-3H3/t24-,25-,28?/m1/s1. The Morgan fingerprint density at radius 3 is 2.29 bits per heavy atom. The fraction of sp³-hybridized carbons (Fsp3) is 0.429. The van der Waals surface area contributed by atoms with Crippen LogP contribution >= 0.6 is 0 Å². The van der Waals surface area contributed by atoms with Gasteiger partial charge in [0.2, 0.25) is 0 Å².